The van der Waals surface area contributed by atoms with Crippen LogP contribution < -0.4 is 0 Å². The third-order valence-corrected chi connectivity index (χ3v) is 0.223. The minimum atomic E-state index is -0.333. The molecule has 0 rings (SSSR count). The standard InChI is InChI=1S/C3H6O2.ClH/c1-3(5)2-4;/h4H,2H2,1H3;1H. The van der Waals surface area contributed by atoms with E-state index >= 15 is 0 Å². The van der Waals surface area contributed by atoms with Crippen molar-refractivity contribution in [2.75, 3.05) is 6.61 Å². The van der Waals surface area contributed by atoms with Gasteiger partial charge in [0.1, 0.15) is 6.61 Å². The van der Waals surface area contributed by atoms with Crippen molar-refractivity contribution in [1.29, 1.82) is 0 Å². The minimum absolute atomic E-state index is 0. The first-order valence-corrected chi connectivity index (χ1v) is 1.37. The lowest BCUT2D eigenvalue weighted by atomic mass is 10.5. The second kappa shape index (κ2) is 4.92. The van der Waals surface area contributed by atoms with Gasteiger partial charge in [0.05, 0.1) is 0 Å². The number of Topliss-reactive ketones (excluding diaryl/α,β-unsaturated/α-hetero) is 1. The molecule has 38 valence electrons. The molecule has 0 aromatic rings. The number of hydrogen-bond acceptors (Lipinski definition) is 2. The minimum Gasteiger partial charge on any atom is -0.389 e. The van der Waals surface area contributed by atoms with Gasteiger partial charge in [0, 0.05) is 0 Å². The summed E-state index contributed by atoms with van der Waals surface area (Å²) in [6.07, 6.45) is 0. The zero-order valence-electron chi connectivity index (χ0n) is 3.47. The molecule has 3 heteroatoms. The summed E-state index contributed by atoms with van der Waals surface area (Å²) in [7, 11) is 0. The van der Waals surface area contributed by atoms with Gasteiger partial charge in [0.15, 0.2) is 5.78 Å². The van der Waals surface area contributed by atoms with Crippen LogP contribution in [0.3, 0.4) is 0 Å². The van der Waals surface area contributed by atoms with Crippen molar-refractivity contribution < 1.29 is 9.90 Å². The molecular formula is C3H7ClO2. The number of aliphatic hydroxyl groups excluding tert-OH is 1. The van der Waals surface area contributed by atoms with Crippen LogP contribution in [-0.4, -0.2) is 17.5 Å². The summed E-state index contributed by atoms with van der Waals surface area (Å²) >= 11 is 0. The van der Waals surface area contributed by atoms with Crippen LogP contribution in [0.1, 0.15) is 6.92 Å². The fraction of sp³-hybridized carbons (Fsp3) is 0.667. The molecule has 0 radical (unpaired) electrons. The summed E-state index contributed by atoms with van der Waals surface area (Å²) in [5, 5.41) is 7.79. The van der Waals surface area contributed by atoms with E-state index in [1.807, 2.05) is 0 Å². The van der Waals surface area contributed by atoms with E-state index in [2.05, 4.69) is 0 Å². The molecule has 2 nitrogen and oxygen atoms in total. The quantitative estimate of drug-likeness (QED) is 0.516. The lowest BCUT2D eigenvalue weighted by Gasteiger charge is -1.72. The van der Waals surface area contributed by atoms with Crippen molar-refractivity contribution in [3.05, 3.63) is 0 Å². The average molecular weight is 111 g/mol. The molecule has 6 heavy (non-hydrogen) atoms. The number of aliphatic hydroxyl groups is 1. The highest BCUT2D eigenvalue weighted by Crippen LogP contribution is 1.55. The molecule has 0 aromatic heterocycles. The van der Waals surface area contributed by atoms with Crippen LogP contribution in [0.4, 0.5) is 0 Å². The molecule has 0 aromatic carbocycles. The molecule has 0 atom stereocenters. The molecule has 0 fully saturated rings. The maximum atomic E-state index is 9.56. The van der Waals surface area contributed by atoms with Crippen LogP contribution in [-0.2, 0) is 4.79 Å². The van der Waals surface area contributed by atoms with Gasteiger partial charge in [-0.1, -0.05) is 0 Å². The Morgan fingerprint density at radius 3 is 2.00 bits per heavy atom. The Balaban J connectivity index is 0. The summed E-state index contributed by atoms with van der Waals surface area (Å²) in [5.74, 6) is -0.190. The second-order valence-electron chi connectivity index (χ2n) is 0.860. The fourth-order valence-electron chi connectivity index (χ4n) is 0. The Morgan fingerprint density at radius 1 is 1.83 bits per heavy atom. The summed E-state index contributed by atoms with van der Waals surface area (Å²) in [6.45, 7) is 1.000. The Bertz CT molecular complexity index is 44.1. The first-order valence-electron chi connectivity index (χ1n) is 1.37. The predicted octanol–water partition coefficient (Wildman–Crippen LogP) is -0.0105. The van der Waals surface area contributed by atoms with E-state index in [1.165, 1.54) is 6.92 Å². The van der Waals surface area contributed by atoms with Crippen molar-refractivity contribution in [2.24, 2.45) is 0 Å². The smallest absolute Gasteiger partial charge is 0.155 e. The van der Waals surface area contributed by atoms with Crippen molar-refractivity contribution in [3.63, 3.8) is 0 Å². The van der Waals surface area contributed by atoms with Gasteiger partial charge >= 0.3 is 0 Å². The first-order chi connectivity index (χ1) is 2.27. The first kappa shape index (κ1) is 9.33. The molecule has 0 aliphatic carbocycles. The topological polar surface area (TPSA) is 37.3 Å². The molecular weight excluding hydrogens is 103 g/mol. The highest BCUT2D eigenvalue weighted by atomic mass is 35.5. The lowest BCUT2D eigenvalue weighted by Crippen LogP contribution is -1.93. The Hall–Kier alpha value is -0.0800. The monoisotopic (exact) mass is 110 g/mol. The second-order valence-corrected chi connectivity index (χ2v) is 0.860. The zero-order chi connectivity index (χ0) is 4.28. The molecule has 0 amide bonds. The number of halogens is 1. The van der Waals surface area contributed by atoms with Crippen molar-refractivity contribution in [1.82, 2.24) is 0 Å². The molecule has 0 saturated carbocycles. The van der Waals surface area contributed by atoms with Crippen LogP contribution in [0.2, 0.25) is 0 Å². The van der Waals surface area contributed by atoms with Crippen molar-refractivity contribution in [2.45, 2.75) is 6.92 Å². The molecule has 1 N–H and O–H groups in total. The van der Waals surface area contributed by atoms with E-state index in [4.69, 9.17) is 5.11 Å². The van der Waals surface area contributed by atoms with Gasteiger partial charge in [-0.05, 0) is 6.92 Å². The molecule has 0 bridgehead atoms. The normalized spacial score (nSPS) is 6.33. The molecule has 0 aliphatic heterocycles. The molecule has 0 saturated heterocycles. The van der Waals surface area contributed by atoms with E-state index in [9.17, 15) is 4.79 Å². The largest absolute Gasteiger partial charge is 0.389 e. The number of ketones is 1. The maximum Gasteiger partial charge on any atom is 0.155 e. The van der Waals surface area contributed by atoms with Crippen molar-refractivity contribution >= 4 is 18.2 Å². The fourth-order valence-corrected chi connectivity index (χ4v) is 0. The lowest BCUT2D eigenvalue weighted by molar-refractivity contribution is -0.119. The number of rotatable bonds is 1. The number of carbonyl (C=O) groups is 1. The highest BCUT2D eigenvalue weighted by molar-refractivity contribution is 5.85. The van der Waals surface area contributed by atoms with Crippen molar-refractivity contribution in [3.8, 4) is 0 Å². The van der Waals surface area contributed by atoms with Crippen LogP contribution >= 0.6 is 12.4 Å². The van der Waals surface area contributed by atoms with Gasteiger partial charge in [-0.2, -0.15) is 0 Å². The number of hydrogen-bond donors (Lipinski definition) is 1. The molecule has 0 unspecified atom stereocenters. The summed E-state index contributed by atoms with van der Waals surface area (Å²) in [6, 6.07) is 0. The third-order valence-electron chi connectivity index (χ3n) is 0.223. The number of carbonyl (C=O) groups excluding carboxylic acids is 1. The van der Waals surface area contributed by atoms with E-state index in [0.717, 1.165) is 0 Å². The van der Waals surface area contributed by atoms with Crippen LogP contribution in [0, 0.1) is 0 Å². The van der Waals surface area contributed by atoms with Crippen LogP contribution in [0.25, 0.3) is 0 Å². The van der Waals surface area contributed by atoms with Gasteiger partial charge in [0.25, 0.3) is 0 Å². The van der Waals surface area contributed by atoms with Crippen LogP contribution in [0.15, 0.2) is 0 Å². The van der Waals surface area contributed by atoms with E-state index in [1.54, 1.807) is 0 Å². The van der Waals surface area contributed by atoms with Crippen LogP contribution in [0.5, 0.6) is 0 Å². The summed E-state index contributed by atoms with van der Waals surface area (Å²) in [4.78, 5) is 9.56. The van der Waals surface area contributed by atoms with E-state index in [-0.39, 0.29) is 24.8 Å². The van der Waals surface area contributed by atoms with Gasteiger partial charge in [-0.15, -0.1) is 12.4 Å². The Kier molecular flexibility index (Phi) is 7.65. The third kappa shape index (κ3) is 9.07. The van der Waals surface area contributed by atoms with Gasteiger partial charge < -0.3 is 5.11 Å². The maximum absolute atomic E-state index is 9.56. The molecule has 0 heterocycles. The molecule has 0 aliphatic rings. The van der Waals surface area contributed by atoms with E-state index < -0.39 is 0 Å². The average Bonchev–Trinajstić information content (AvgIpc) is 1.38. The van der Waals surface area contributed by atoms with Gasteiger partial charge in [-0.25, -0.2) is 0 Å². The molecule has 0 spiro atoms. The SMILES string of the molecule is CC(=O)CO.Cl. The van der Waals surface area contributed by atoms with Gasteiger partial charge in [-0.3, -0.25) is 4.79 Å². The Morgan fingerprint density at radius 2 is 2.00 bits per heavy atom. The van der Waals surface area contributed by atoms with E-state index in [0.29, 0.717) is 0 Å². The highest BCUT2D eigenvalue weighted by Gasteiger charge is 1.78. The summed E-state index contributed by atoms with van der Waals surface area (Å²) < 4.78 is 0. The zero-order valence-corrected chi connectivity index (χ0v) is 4.29. The Labute approximate surface area is 42.6 Å². The van der Waals surface area contributed by atoms with Gasteiger partial charge in [0.2, 0.25) is 0 Å². The summed E-state index contributed by atoms with van der Waals surface area (Å²) in [5.41, 5.74) is 0. The predicted molar refractivity (Wildman–Crippen MR) is 25.0 cm³/mol.